The Morgan fingerprint density at radius 2 is 2.16 bits per heavy atom. The zero-order chi connectivity index (χ0) is 14.0. The van der Waals surface area contributed by atoms with Crippen LogP contribution in [0.4, 0.5) is 0 Å². The van der Waals surface area contributed by atoms with E-state index in [4.69, 9.17) is 5.11 Å². The van der Waals surface area contributed by atoms with Gasteiger partial charge >= 0.3 is 5.97 Å². The number of carboxylic acids is 1. The lowest BCUT2D eigenvalue weighted by Gasteiger charge is -2.15. The van der Waals surface area contributed by atoms with Gasteiger partial charge < -0.3 is 9.67 Å². The Kier molecular flexibility index (Phi) is 4.08. The third kappa shape index (κ3) is 3.06. The Hall–Kier alpha value is -1.58. The first kappa shape index (κ1) is 13.8. The number of aryl methyl sites for hydroxylation is 1. The van der Waals surface area contributed by atoms with Crippen molar-refractivity contribution in [1.29, 1.82) is 0 Å². The number of hydrogen-bond donors (Lipinski definition) is 1. The van der Waals surface area contributed by atoms with Gasteiger partial charge in [0.25, 0.3) is 5.56 Å². The highest BCUT2D eigenvalue weighted by molar-refractivity contribution is 5.70. The molecule has 2 rings (SSSR count). The lowest BCUT2D eigenvalue weighted by atomic mass is 10.1. The van der Waals surface area contributed by atoms with Crippen LogP contribution in [0, 0.1) is 5.92 Å². The van der Waals surface area contributed by atoms with E-state index in [9.17, 15) is 9.59 Å². The number of fused-ring (bicyclic) bond motifs is 1. The van der Waals surface area contributed by atoms with Crippen LogP contribution in [0.3, 0.4) is 0 Å². The van der Waals surface area contributed by atoms with Crippen LogP contribution in [0.5, 0.6) is 0 Å². The minimum atomic E-state index is -0.939. The molecular formula is C15H21NO3. The molecule has 0 radical (unpaired) electrons. The summed E-state index contributed by atoms with van der Waals surface area (Å²) in [6.45, 7) is 4.96. The Morgan fingerprint density at radius 3 is 2.79 bits per heavy atom. The first-order valence-corrected chi connectivity index (χ1v) is 6.95. The van der Waals surface area contributed by atoms with Crippen LogP contribution in [0.25, 0.3) is 0 Å². The number of aromatic nitrogens is 1. The van der Waals surface area contributed by atoms with Crippen molar-refractivity contribution in [2.24, 2.45) is 5.92 Å². The summed E-state index contributed by atoms with van der Waals surface area (Å²) < 4.78 is 1.82. The molecule has 0 saturated carbocycles. The van der Waals surface area contributed by atoms with Crippen molar-refractivity contribution >= 4 is 5.97 Å². The van der Waals surface area contributed by atoms with E-state index < -0.39 is 5.97 Å². The number of rotatable bonds is 5. The van der Waals surface area contributed by atoms with E-state index in [0.717, 1.165) is 31.4 Å². The van der Waals surface area contributed by atoms with Gasteiger partial charge in [0.1, 0.15) is 0 Å². The quantitative estimate of drug-likeness (QED) is 0.884. The highest BCUT2D eigenvalue weighted by Crippen LogP contribution is 2.22. The highest BCUT2D eigenvalue weighted by Gasteiger charge is 2.20. The maximum atomic E-state index is 12.4. The second-order valence-corrected chi connectivity index (χ2v) is 5.70. The summed E-state index contributed by atoms with van der Waals surface area (Å²) in [4.78, 5) is 23.2. The average Bonchev–Trinajstić information content (AvgIpc) is 2.75. The van der Waals surface area contributed by atoms with Gasteiger partial charge in [0.05, 0.1) is 6.42 Å². The topological polar surface area (TPSA) is 59.3 Å². The van der Waals surface area contributed by atoms with Crippen LogP contribution in [0.2, 0.25) is 0 Å². The van der Waals surface area contributed by atoms with Crippen molar-refractivity contribution in [3.8, 4) is 0 Å². The summed E-state index contributed by atoms with van der Waals surface area (Å²) in [7, 11) is 0. The lowest BCUT2D eigenvalue weighted by molar-refractivity contribution is -0.136. The second-order valence-electron chi connectivity index (χ2n) is 5.70. The molecule has 0 atom stereocenters. The summed E-state index contributed by atoms with van der Waals surface area (Å²) in [5, 5.41) is 8.90. The van der Waals surface area contributed by atoms with E-state index in [2.05, 4.69) is 13.8 Å². The Labute approximate surface area is 113 Å². The molecule has 1 heterocycles. The largest absolute Gasteiger partial charge is 0.481 e. The number of hydrogen-bond acceptors (Lipinski definition) is 2. The number of pyridine rings is 1. The van der Waals surface area contributed by atoms with Gasteiger partial charge in [-0.05, 0) is 43.2 Å². The van der Waals surface area contributed by atoms with Crippen LogP contribution >= 0.6 is 0 Å². The van der Waals surface area contributed by atoms with Crippen molar-refractivity contribution in [1.82, 2.24) is 4.57 Å². The molecule has 0 amide bonds. The van der Waals surface area contributed by atoms with Crippen molar-refractivity contribution < 1.29 is 9.90 Å². The van der Waals surface area contributed by atoms with Crippen LogP contribution in [-0.2, 0) is 30.6 Å². The van der Waals surface area contributed by atoms with E-state index in [0.29, 0.717) is 18.0 Å². The smallest absolute Gasteiger partial charge is 0.308 e. The fourth-order valence-electron chi connectivity index (χ4n) is 2.70. The molecule has 0 unspecified atom stereocenters. The van der Waals surface area contributed by atoms with Crippen LogP contribution in [-0.4, -0.2) is 15.6 Å². The average molecular weight is 263 g/mol. The van der Waals surface area contributed by atoms with Crippen LogP contribution in [0.15, 0.2) is 10.9 Å². The minimum Gasteiger partial charge on any atom is -0.481 e. The van der Waals surface area contributed by atoms with Crippen molar-refractivity contribution in [3.63, 3.8) is 0 Å². The van der Waals surface area contributed by atoms with Gasteiger partial charge in [0.15, 0.2) is 0 Å². The fraction of sp³-hybridized carbons (Fsp3) is 0.600. The minimum absolute atomic E-state index is 0.108. The maximum absolute atomic E-state index is 12.4. The zero-order valence-electron chi connectivity index (χ0n) is 11.6. The van der Waals surface area contributed by atoms with E-state index in [1.165, 1.54) is 5.56 Å². The van der Waals surface area contributed by atoms with Crippen LogP contribution in [0.1, 0.15) is 43.5 Å². The molecule has 0 aliphatic heterocycles. The third-order valence-electron chi connectivity index (χ3n) is 3.70. The van der Waals surface area contributed by atoms with Gasteiger partial charge in [0, 0.05) is 17.8 Å². The first-order valence-electron chi connectivity index (χ1n) is 6.95. The van der Waals surface area contributed by atoms with E-state index in [1.54, 1.807) is 0 Å². The molecule has 1 aliphatic carbocycles. The molecule has 0 fully saturated rings. The molecule has 1 aromatic rings. The molecule has 1 aromatic heterocycles. The first-order chi connectivity index (χ1) is 8.99. The zero-order valence-corrected chi connectivity index (χ0v) is 11.6. The molecule has 4 heteroatoms. The van der Waals surface area contributed by atoms with Crippen molar-refractivity contribution in [3.05, 3.63) is 33.2 Å². The Morgan fingerprint density at radius 1 is 1.42 bits per heavy atom. The number of carboxylic acid groups (broad SMARTS) is 1. The summed E-state index contributed by atoms with van der Waals surface area (Å²) in [5.41, 5.74) is 2.61. The van der Waals surface area contributed by atoms with Crippen molar-refractivity contribution in [2.75, 3.05) is 0 Å². The molecule has 1 N–H and O–H groups in total. The fourth-order valence-corrected chi connectivity index (χ4v) is 2.70. The number of nitrogens with zero attached hydrogens (tertiary/aromatic N) is 1. The normalized spacial score (nSPS) is 13.8. The lowest BCUT2D eigenvalue weighted by Crippen LogP contribution is -2.28. The Balaban J connectivity index is 2.41. The van der Waals surface area contributed by atoms with Gasteiger partial charge in [-0.3, -0.25) is 9.59 Å². The molecule has 104 valence electrons. The third-order valence-corrected chi connectivity index (χ3v) is 3.70. The summed E-state index contributed by atoms with van der Waals surface area (Å²) in [6, 6.07) is 1.81. The van der Waals surface area contributed by atoms with Crippen LogP contribution < -0.4 is 5.56 Å². The van der Waals surface area contributed by atoms with E-state index in [-0.39, 0.29) is 12.0 Å². The van der Waals surface area contributed by atoms with Crippen molar-refractivity contribution in [2.45, 2.75) is 52.5 Å². The standard InChI is InChI=1S/C15H21NO3/c1-10(2)6-7-16-13-5-3-4-11(13)8-12(15(16)19)9-14(17)18/h8,10H,3-7,9H2,1-2H3,(H,17,18). The molecule has 0 saturated heterocycles. The monoisotopic (exact) mass is 263 g/mol. The molecule has 0 bridgehead atoms. The van der Waals surface area contributed by atoms with Gasteiger partial charge in [-0.25, -0.2) is 0 Å². The predicted octanol–water partition coefficient (Wildman–Crippen LogP) is 2.01. The summed E-state index contributed by atoms with van der Waals surface area (Å²) in [5.74, 6) is -0.405. The van der Waals surface area contributed by atoms with E-state index >= 15 is 0 Å². The highest BCUT2D eigenvalue weighted by atomic mass is 16.4. The molecule has 0 aromatic carbocycles. The molecule has 4 nitrogen and oxygen atoms in total. The Bertz CT molecular complexity index is 543. The predicted molar refractivity (Wildman–Crippen MR) is 73.5 cm³/mol. The number of aliphatic carboxylic acids is 1. The van der Waals surface area contributed by atoms with Gasteiger partial charge in [-0.1, -0.05) is 13.8 Å². The van der Waals surface area contributed by atoms with E-state index in [1.807, 2.05) is 10.6 Å². The molecule has 19 heavy (non-hydrogen) atoms. The molecule has 1 aliphatic rings. The molecular weight excluding hydrogens is 242 g/mol. The van der Waals surface area contributed by atoms with Gasteiger partial charge in [-0.2, -0.15) is 0 Å². The number of carbonyl (C=O) groups is 1. The maximum Gasteiger partial charge on any atom is 0.308 e. The molecule has 0 spiro atoms. The SMILES string of the molecule is CC(C)CCn1c2c(cc(CC(=O)O)c1=O)CCC2. The summed E-state index contributed by atoms with van der Waals surface area (Å²) >= 11 is 0. The van der Waals surface area contributed by atoms with Gasteiger partial charge in [0.2, 0.25) is 0 Å². The van der Waals surface area contributed by atoms with Gasteiger partial charge in [-0.15, -0.1) is 0 Å². The summed E-state index contributed by atoms with van der Waals surface area (Å²) in [6.07, 6.45) is 3.74. The second kappa shape index (κ2) is 5.59.